The van der Waals surface area contributed by atoms with E-state index in [1.54, 1.807) is 0 Å². The second kappa shape index (κ2) is 13.9. The van der Waals surface area contributed by atoms with Crippen LogP contribution in [-0.4, -0.2) is 39.9 Å². The Kier molecular flexibility index (Phi) is 14.4. The van der Waals surface area contributed by atoms with E-state index in [4.69, 9.17) is 0 Å². The van der Waals surface area contributed by atoms with Crippen LogP contribution < -0.4 is 6.15 Å². The molecule has 0 amide bonds. The van der Waals surface area contributed by atoms with Crippen molar-refractivity contribution in [1.82, 2.24) is 6.15 Å². The first-order chi connectivity index (χ1) is 13.0. The largest absolute Gasteiger partial charge is 0.481 e. The number of carbonyl (C=O) groups is 2. The van der Waals surface area contributed by atoms with Gasteiger partial charge in [0.15, 0.2) is 0 Å². The van der Waals surface area contributed by atoms with Gasteiger partial charge in [-0.1, -0.05) is 79.1 Å². The Balaban J connectivity index is 0. The molecule has 0 aromatic rings. The lowest BCUT2D eigenvalue weighted by Gasteiger charge is -2.36. The van der Waals surface area contributed by atoms with Crippen molar-refractivity contribution in [2.24, 2.45) is 17.8 Å². The highest BCUT2D eigenvalue weighted by atomic mass is 32.2. The topological polar surface area (TPSA) is 164 Å². The molecular weight excluding hydrogens is 398 g/mol. The Morgan fingerprint density at radius 1 is 0.897 bits per heavy atom. The molecule has 0 fully saturated rings. The molecule has 0 saturated carbocycles. The monoisotopic (exact) mass is 439 g/mol. The Morgan fingerprint density at radius 3 is 1.66 bits per heavy atom. The van der Waals surface area contributed by atoms with Gasteiger partial charge in [-0.2, -0.15) is 8.42 Å². The standard InChI is InChI=1S/C20H38O7S.H3N/c1-5-9-11-15(7-3)13-17(18(21)22)20(19(23)24,28(25,26)27)14-16(8-4)12-10-6-2;/h15-17H,5-14H2,1-4H3,(H,21,22)(H,23,24)(H,25,26,27);1H3. The Morgan fingerprint density at radius 2 is 1.34 bits per heavy atom. The van der Waals surface area contributed by atoms with Crippen molar-refractivity contribution in [3.05, 3.63) is 0 Å². The van der Waals surface area contributed by atoms with Gasteiger partial charge >= 0.3 is 11.9 Å². The molecule has 0 aliphatic rings. The van der Waals surface area contributed by atoms with Gasteiger partial charge in [0, 0.05) is 0 Å². The summed E-state index contributed by atoms with van der Waals surface area (Å²) in [5.41, 5.74) is 0. The first-order valence-electron chi connectivity index (χ1n) is 10.4. The van der Waals surface area contributed by atoms with Crippen LogP contribution in [-0.2, 0) is 19.7 Å². The molecule has 0 heterocycles. The van der Waals surface area contributed by atoms with Gasteiger partial charge < -0.3 is 16.4 Å². The number of hydrogen-bond donors (Lipinski definition) is 4. The van der Waals surface area contributed by atoms with E-state index in [-0.39, 0.29) is 24.4 Å². The number of rotatable bonds is 16. The first kappa shape index (κ1) is 30.0. The van der Waals surface area contributed by atoms with Gasteiger partial charge in [-0.15, -0.1) is 0 Å². The molecule has 0 bridgehead atoms. The molecule has 4 unspecified atom stereocenters. The van der Waals surface area contributed by atoms with Gasteiger partial charge in [0.05, 0.1) is 5.92 Å². The predicted molar refractivity (Wildman–Crippen MR) is 114 cm³/mol. The number of carboxylic acids is 2. The van der Waals surface area contributed by atoms with Gasteiger partial charge in [-0.25, -0.2) is 0 Å². The zero-order valence-electron chi connectivity index (χ0n) is 18.4. The van der Waals surface area contributed by atoms with Gasteiger partial charge in [0.25, 0.3) is 10.1 Å². The van der Waals surface area contributed by atoms with E-state index in [9.17, 15) is 32.8 Å². The molecule has 8 nitrogen and oxygen atoms in total. The highest BCUT2D eigenvalue weighted by Gasteiger charge is 2.60. The van der Waals surface area contributed by atoms with Crippen molar-refractivity contribution in [2.45, 2.75) is 96.7 Å². The molecule has 6 N–H and O–H groups in total. The highest BCUT2D eigenvalue weighted by molar-refractivity contribution is 7.88. The number of aliphatic carboxylic acids is 2. The molecule has 0 aromatic heterocycles. The zero-order valence-corrected chi connectivity index (χ0v) is 19.2. The lowest BCUT2D eigenvalue weighted by Crippen LogP contribution is -2.56. The summed E-state index contributed by atoms with van der Waals surface area (Å²) >= 11 is 0. The first-order valence-corrected chi connectivity index (χ1v) is 11.9. The third-order valence-corrected chi connectivity index (χ3v) is 7.48. The predicted octanol–water partition coefficient (Wildman–Crippen LogP) is 4.77. The molecule has 0 saturated heterocycles. The van der Waals surface area contributed by atoms with Crippen molar-refractivity contribution in [3.63, 3.8) is 0 Å². The Labute approximate surface area is 175 Å². The van der Waals surface area contributed by atoms with E-state index in [1.165, 1.54) is 0 Å². The maximum Gasteiger partial charge on any atom is 0.328 e. The quantitative estimate of drug-likeness (QED) is 0.250. The summed E-state index contributed by atoms with van der Waals surface area (Å²) in [6.07, 6.45) is 5.37. The molecule has 9 heteroatoms. The summed E-state index contributed by atoms with van der Waals surface area (Å²) in [4.78, 5) is 24.3. The number of hydrogen-bond acceptors (Lipinski definition) is 5. The maximum atomic E-state index is 12.4. The zero-order chi connectivity index (χ0) is 22.0. The molecular formula is C20H41NO7S. The lowest BCUT2D eigenvalue weighted by atomic mass is 9.76. The van der Waals surface area contributed by atoms with Crippen molar-refractivity contribution in [1.29, 1.82) is 0 Å². The summed E-state index contributed by atoms with van der Waals surface area (Å²) in [7, 11) is -5.15. The SMILES string of the molecule is CCCCC(CC)CC(C(=O)O)C(CC(CC)CCCC)(C(=O)O)S(=O)(=O)O.N. The average Bonchev–Trinajstić information content (AvgIpc) is 2.61. The summed E-state index contributed by atoms with van der Waals surface area (Å²) in [5, 5.41) is 19.7. The summed E-state index contributed by atoms with van der Waals surface area (Å²) < 4.78 is 32.0. The smallest absolute Gasteiger partial charge is 0.328 e. The summed E-state index contributed by atoms with van der Waals surface area (Å²) in [5.74, 6) is -5.37. The van der Waals surface area contributed by atoms with Crippen LogP contribution in [0.1, 0.15) is 91.9 Å². The highest BCUT2D eigenvalue weighted by Crippen LogP contribution is 2.41. The maximum absolute atomic E-state index is 12.4. The van der Waals surface area contributed by atoms with Crippen LogP contribution in [0.2, 0.25) is 0 Å². The van der Waals surface area contributed by atoms with Crippen LogP contribution in [0.15, 0.2) is 0 Å². The van der Waals surface area contributed by atoms with E-state index < -0.39 is 39.1 Å². The van der Waals surface area contributed by atoms with Crippen LogP contribution in [0, 0.1) is 17.8 Å². The minimum absolute atomic E-state index is 0. The molecule has 0 aliphatic carbocycles. The fourth-order valence-corrected chi connectivity index (χ4v) is 5.18. The Hall–Kier alpha value is -1.19. The van der Waals surface area contributed by atoms with Crippen LogP contribution in [0.4, 0.5) is 0 Å². The van der Waals surface area contributed by atoms with Crippen LogP contribution in [0.3, 0.4) is 0 Å². The molecule has 174 valence electrons. The number of carboxylic acid groups (broad SMARTS) is 2. The number of unbranched alkanes of at least 4 members (excludes halogenated alkanes) is 2. The third-order valence-electron chi connectivity index (χ3n) is 5.93. The van der Waals surface area contributed by atoms with E-state index in [1.807, 2.05) is 27.7 Å². The van der Waals surface area contributed by atoms with E-state index in [2.05, 4.69) is 0 Å². The molecule has 0 aliphatic heterocycles. The van der Waals surface area contributed by atoms with Gasteiger partial charge in [0.1, 0.15) is 0 Å². The van der Waals surface area contributed by atoms with Gasteiger partial charge in [-0.3, -0.25) is 14.1 Å². The van der Waals surface area contributed by atoms with Gasteiger partial charge in [-0.05, 0) is 24.7 Å². The average molecular weight is 440 g/mol. The van der Waals surface area contributed by atoms with Crippen LogP contribution >= 0.6 is 0 Å². The minimum atomic E-state index is -5.15. The normalized spacial score (nSPS) is 16.9. The molecule has 0 rings (SSSR count). The van der Waals surface area contributed by atoms with Gasteiger partial charge in [0.2, 0.25) is 4.75 Å². The molecule has 4 atom stereocenters. The minimum Gasteiger partial charge on any atom is -0.481 e. The summed E-state index contributed by atoms with van der Waals surface area (Å²) in [6.45, 7) is 7.67. The second-order valence-electron chi connectivity index (χ2n) is 7.83. The lowest BCUT2D eigenvalue weighted by molar-refractivity contribution is -0.153. The molecule has 29 heavy (non-hydrogen) atoms. The van der Waals surface area contributed by atoms with E-state index >= 15 is 0 Å². The van der Waals surface area contributed by atoms with E-state index in [0.717, 1.165) is 25.7 Å². The summed E-state index contributed by atoms with van der Waals surface area (Å²) in [6, 6.07) is 0. The van der Waals surface area contributed by atoms with Crippen LogP contribution in [0.25, 0.3) is 0 Å². The fraction of sp³-hybridized carbons (Fsp3) is 0.900. The van der Waals surface area contributed by atoms with E-state index in [0.29, 0.717) is 25.7 Å². The Bertz CT molecular complexity index is 594. The van der Waals surface area contributed by atoms with Crippen molar-refractivity contribution in [3.8, 4) is 0 Å². The molecule has 0 spiro atoms. The van der Waals surface area contributed by atoms with Crippen molar-refractivity contribution < 1.29 is 32.8 Å². The fourth-order valence-electron chi connectivity index (χ4n) is 3.95. The van der Waals surface area contributed by atoms with Crippen molar-refractivity contribution >= 4 is 22.1 Å². The molecule has 0 aromatic carbocycles. The van der Waals surface area contributed by atoms with Crippen LogP contribution in [0.5, 0.6) is 0 Å². The second-order valence-corrected chi connectivity index (χ2v) is 9.51. The molecule has 0 radical (unpaired) electrons. The van der Waals surface area contributed by atoms with Crippen molar-refractivity contribution in [2.75, 3.05) is 0 Å². The third kappa shape index (κ3) is 8.22.